The maximum absolute atomic E-state index is 9.82. The van der Waals surface area contributed by atoms with Gasteiger partial charge in [0.2, 0.25) is 0 Å². The first-order valence-corrected chi connectivity index (χ1v) is 9.63. The summed E-state index contributed by atoms with van der Waals surface area (Å²) in [6, 6.07) is 5.49. The van der Waals surface area contributed by atoms with Crippen LogP contribution in [0.5, 0.6) is 0 Å². The normalized spacial score (nSPS) is 7.68. The van der Waals surface area contributed by atoms with Crippen molar-refractivity contribution in [2.45, 2.75) is 19.3 Å². The van der Waals surface area contributed by atoms with Crippen LogP contribution < -0.4 is 38.0 Å². The summed E-state index contributed by atoms with van der Waals surface area (Å²) < 4.78 is 13.5. The SMILES string of the molecule is COCCOC(N)=O.COCC[NH3+].N#CCCNC(=O)[O-].N#CCCNC(=O)[O-].N#CCC[NH3+]. The number of hydrogen-bond donors (Lipinski definition) is 5. The molecule has 0 aromatic carbocycles. The van der Waals surface area contributed by atoms with Crippen LogP contribution in [0.4, 0.5) is 14.4 Å². The Kier molecular flexibility index (Phi) is 51.3. The molecule has 0 heterocycles. The van der Waals surface area contributed by atoms with Gasteiger partial charge in [-0.1, -0.05) is 0 Å². The molecule has 0 aliphatic carbocycles. The van der Waals surface area contributed by atoms with E-state index >= 15 is 0 Å². The van der Waals surface area contributed by atoms with Gasteiger partial charge in [-0.15, -0.1) is 0 Å². The van der Waals surface area contributed by atoms with E-state index in [1.807, 2.05) is 16.7 Å². The fraction of sp³-hybridized carbons (Fsp3) is 0.667. The van der Waals surface area contributed by atoms with Crippen molar-refractivity contribution in [1.29, 1.82) is 15.8 Å². The molecule has 0 aliphatic rings. The van der Waals surface area contributed by atoms with Gasteiger partial charge in [0.15, 0.2) is 0 Å². The number of primary amides is 1. The molecular formula is C18H36N8O8. The second-order valence-electron chi connectivity index (χ2n) is 5.01. The molecule has 0 aromatic rings. The van der Waals surface area contributed by atoms with E-state index in [2.05, 4.69) is 31.4 Å². The first-order chi connectivity index (χ1) is 16.1. The molecule has 0 spiro atoms. The smallest absolute Gasteiger partial charge is 0.404 e. The summed E-state index contributed by atoms with van der Waals surface area (Å²) in [5.41, 5.74) is 11.6. The van der Waals surface area contributed by atoms with Gasteiger partial charge in [-0.2, -0.15) is 15.8 Å². The van der Waals surface area contributed by atoms with Gasteiger partial charge in [0, 0.05) is 27.3 Å². The zero-order valence-corrected chi connectivity index (χ0v) is 19.7. The number of nitriles is 3. The number of nitrogens with one attached hydrogen (secondary N) is 2. The van der Waals surface area contributed by atoms with Gasteiger partial charge in [-0.3, -0.25) is 0 Å². The fourth-order valence-electron chi connectivity index (χ4n) is 0.890. The van der Waals surface area contributed by atoms with Gasteiger partial charge in [0.1, 0.15) is 18.8 Å². The molecule has 0 saturated carbocycles. The number of hydrogen-bond acceptors (Lipinski definition) is 11. The highest BCUT2D eigenvalue weighted by Gasteiger charge is 1.89. The Morgan fingerprint density at radius 3 is 1.38 bits per heavy atom. The van der Waals surface area contributed by atoms with E-state index in [1.54, 1.807) is 19.2 Å². The quantitative estimate of drug-likeness (QED) is 0.181. The lowest BCUT2D eigenvalue weighted by Crippen LogP contribution is -2.52. The van der Waals surface area contributed by atoms with Crippen LogP contribution in [-0.4, -0.2) is 78.5 Å². The van der Waals surface area contributed by atoms with Crippen LogP contribution >= 0.6 is 0 Å². The summed E-state index contributed by atoms with van der Waals surface area (Å²) >= 11 is 0. The maximum Gasteiger partial charge on any atom is 0.404 e. The first kappa shape index (κ1) is 40.5. The van der Waals surface area contributed by atoms with Crippen molar-refractivity contribution in [1.82, 2.24) is 10.6 Å². The summed E-state index contributed by atoms with van der Waals surface area (Å²) in [4.78, 5) is 28.9. The van der Waals surface area contributed by atoms with Crippen LogP contribution in [0.3, 0.4) is 0 Å². The summed E-state index contributed by atoms with van der Waals surface area (Å²) in [6.07, 6.45) is -2.47. The maximum atomic E-state index is 9.82. The zero-order valence-electron chi connectivity index (χ0n) is 19.7. The van der Waals surface area contributed by atoms with E-state index in [4.69, 9.17) is 15.8 Å². The Morgan fingerprint density at radius 2 is 1.21 bits per heavy atom. The van der Waals surface area contributed by atoms with E-state index in [-0.39, 0.29) is 32.5 Å². The Bertz CT molecular complexity index is 556. The molecule has 3 amide bonds. The molecule has 0 rings (SSSR count). The predicted molar refractivity (Wildman–Crippen MR) is 112 cm³/mol. The van der Waals surface area contributed by atoms with E-state index in [0.29, 0.717) is 13.0 Å². The Balaban J connectivity index is -0.000000105. The van der Waals surface area contributed by atoms with Crippen molar-refractivity contribution in [2.75, 3.05) is 60.2 Å². The van der Waals surface area contributed by atoms with Crippen LogP contribution in [0, 0.1) is 34.0 Å². The number of quaternary nitrogens is 2. The number of ether oxygens (including phenoxy) is 3. The molecule has 0 radical (unpaired) electrons. The summed E-state index contributed by atoms with van der Waals surface area (Å²) in [6.45, 7) is 3.30. The van der Waals surface area contributed by atoms with Crippen molar-refractivity contribution in [2.24, 2.45) is 5.73 Å². The van der Waals surface area contributed by atoms with Crippen molar-refractivity contribution in [3.05, 3.63) is 0 Å². The third-order valence-corrected chi connectivity index (χ3v) is 2.18. The molecule has 0 bridgehead atoms. The highest BCUT2D eigenvalue weighted by Crippen LogP contribution is 1.72. The molecule has 16 nitrogen and oxygen atoms in total. The lowest BCUT2D eigenvalue weighted by Gasteiger charge is -2.00. The number of methoxy groups -OCH3 is 2. The number of nitrogens with two attached hydrogens (primary N) is 1. The van der Waals surface area contributed by atoms with Gasteiger partial charge < -0.3 is 61.8 Å². The van der Waals surface area contributed by atoms with Crippen LogP contribution in [0.15, 0.2) is 0 Å². The molecule has 0 atom stereocenters. The third kappa shape index (κ3) is 90.5. The van der Waals surface area contributed by atoms with Crippen LogP contribution in [0.1, 0.15) is 19.3 Å². The van der Waals surface area contributed by atoms with Gasteiger partial charge >= 0.3 is 6.09 Å². The molecule has 0 aliphatic heterocycles. The number of carboxylic acid groups (broad SMARTS) is 2. The molecular weight excluding hydrogens is 456 g/mol. The van der Waals surface area contributed by atoms with Crippen LogP contribution in [0.25, 0.3) is 0 Å². The van der Waals surface area contributed by atoms with Crippen molar-refractivity contribution >= 4 is 18.3 Å². The first-order valence-electron chi connectivity index (χ1n) is 9.63. The monoisotopic (exact) mass is 492 g/mol. The van der Waals surface area contributed by atoms with Crippen molar-refractivity contribution < 1.29 is 50.3 Å². The number of carbonyl (C=O) groups excluding carboxylic acids is 3. The lowest BCUT2D eigenvalue weighted by molar-refractivity contribution is -0.373. The lowest BCUT2D eigenvalue weighted by atomic mass is 10.5. The van der Waals surface area contributed by atoms with Gasteiger partial charge in [-0.05, 0) is 0 Å². The average molecular weight is 493 g/mol. The highest BCUT2D eigenvalue weighted by atomic mass is 16.6. The Morgan fingerprint density at radius 1 is 0.794 bits per heavy atom. The van der Waals surface area contributed by atoms with Crippen molar-refractivity contribution in [3.63, 3.8) is 0 Å². The molecule has 0 aromatic heterocycles. The zero-order chi connectivity index (χ0) is 27.5. The number of amides is 3. The minimum atomic E-state index is -1.33. The second-order valence-corrected chi connectivity index (χ2v) is 5.01. The molecule has 0 saturated heterocycles. The largest absolute Gasteiger partial charge is 0.530 e. The average Bonchev–Trinajstić information content (AvgIpc) is 2.77. The van der Waals surface area contributed by atoms with Crippen LogP contribution in [0.2, 0.25) is 0 Å². The molecule has 16 heteroatoms. The Labute approximate surface area is 199 Å². The van der Waals surface area contributed by atoms with E-state index in [0.717, 1.165) is 19.7 Å². The summed E-state index contributed by atoms with van der Waals surface area (Å²) in [7, 11) is 3.19. The summed E-state index contributed by atoms with van der Waals surface area (Å²) in [5.74, 6) is 0. The van der Waals surface area contributed by atoms with Gasteiger partial charge in [0.05, 0.1) is 63.8 Å². The van der Waals surface area contributed by atoms with Crippen molar-refractivity contribution in [3.8, 4) is 18.2 Å². The van der Waals surface area contributed by atoms with E-state index in [1.165, 1.54) is 7.11 Å². The topological polar surface area (TPSA) is 302 Å². The minimum Gasteiger partial charge on any atom is -0.530 e. The number of carbonyl (C=O) groups is 3. The van der Waals surface area contributed by atoms with E-state index in [9.17, 15) is 24.6 Å². The second kappa shape index (κ2) is 43.1. The highest BCUT2D eigenvalue weighted by molar-refractivity contribution is 5.64. The Hall–Kier alpha value is -3.88. The van der Waals surface area contributed by atoms with Gasteiger partial charge in [0.25, 0.3) is 0 Å². The van der Waals surface area contributed by atoms with E-state index < -0.39 is 18.3 Å². The number of nitrogens with zero attached hydrogens (tertiary/aromatic N) is 3. The standard InChI is InChI=1S/2C4H6N2O2.C4H9NO3.C3H6N2.C3H9NO/c2*5-2-1-3-6-4(7)8;1-7-2-3-8-4(5)6;4-2-1-3-5;1-5-3-2-4/h2*6H,1,3H2,(H,7,8);2-3H2,1H3,(H2,5,6);1-2,4H2;2-4H2,1H3. The molecule has 10 N–H and O–H groups in total. The molecule has 0 unspecified atom stereocenters. The number of rotatable bonds is 10. The summed E-state index contributed by atoms with van der Waals surface area (Å²) in [5, 5.41) is 46.5. The van der Waals surface area contributed by atoms with Gasteiger partial charge in [-0.25, -0.2) is 4.79 Å². The molecule has 34 heavy (non-hydrogen) atoms. The molecule has 0 fully saturated rings. The predicted octanol–water partition coefficient (Wildman–Crippen LogP) is -4.59. The van der Waals surface area contributed by atoms with Crippen LogP contribution in [-0.2, 0) is 14.2 Å². The molecule has 196 valence electrons. The minimum absolute atomic E-state index is 0.152. The fourth-order valence-corrected chi connectivity index (χ4v) is 0.890. The third-order valence-electron chi connectivity index (χ3n) is 2.18.